The van der Waals surface area contributed by atoms with E-state index in [4.69, 9.17) is 14.6 Å². The number of carboxylic acids is 1. The van der Waals surface area contributed by atoms with Crippen LogP contribution in [-0.2, 0) is 14.3 Å². The van der Waals surface area contributed by atoms with Crippen LogP contribution in [0.15, 0.2) is 17.3 Å². The van der Waals surface area contributed by atoms with Crippen molar-refractivity contribution in [2.24, 2.45) is 5.10 Å². The Balaban J connectivity index is 2.83. The highest BCUT2D eigenvalue weighted by atomic mass is 16.5. The number of aliphatic carboxylic acids is 1. The first-order valence-corrected chi connectivity index (χ1v) is 3.51. The van der Waals surface area contributed by atoms with Crippen molar-refractivity contribution in [1.29, 1.82) is 0 Å². The van der Waals surface area contributed by atoms with Gasteiger partial charge in [0.15, 0.2) is 0 Å². The average Bonchev–Trinajstić information content (AvgIpc) is 2.17. The van der Waals surface area contributed by atoms with E-state index in [0.29, 0.717) is 5.90 Å². The Morgan fingerprint density at radius 3 is 2.69 bits per heavy atom. The lowest BCUT2D eigenvalue weighted by molar-refractivity contribution is -0.160. The molecule has 0 aromatic carbocycles. The van der Waals surface area contributed by atoms with Gasteiger partial charge < -0.3 is 14.6 Å². The molecule has 0 aromatic rings. The number of rotatable bonds is 2. The zero-order valence-corrected chi connectivity index (χ0v) is 7.27. The molecule has 1 aliphatic heterocycles. The lowest BCUT2D eigenvalue weighted by atomic mass is 10.2. The Labute approximate surface area is 74.8 Å². The fourth-order valence-corrected chi connectivity index (χ4v) is 0.835. The van der Waals surface area contributed by atoms with Gasteiger partial charge in [-0.2, -0.15) is 0 Å². The fraction of sp³-hybridized carbons (Fsp3) is 0.429. The van der Waals surface area contributed by atoms with Gasteiger partial charge in [0, 0.05) is 13.2 Å². The van der Waals surface area contributed by atoms with E-state index in [2.05, 4.69) is 10.5 Å². The minimum atomic E-state index is -1.58. The molecule has 0 amide bonds. The Hall–Kier alpha value is -1.56. The molecule has 1 atom stereocenters. The van der Waals surface area contributed by atoms with Gasteiger partial charge in [-0.05, 0) is 6.08 Å². The van der Waals surface area contributed by atoms with Gasteiger partial charge in [-0.25, -0.2) is 4.79 Å². The summed E-state index contributed by atoms with van der Waals surface area (Å²) >= 11 is 0. The number of carboxylic acid groups (broad SMARTS) is 1. The van der Waals surface area contributed by atoms with Crippen molar-refractivity contribution in [3.05, 3.63) is 12.2 Å². The summed E-state index contributed by atoms with van der Waals surface area (Å²) < 4.78 is 9.53. The Kier molecular flexibility index (Phi) is 2.52. The molecule has 6 nitrogen and oxygen atoms in total. The number of hydrogen-bond acceptors (Lipinski definition) is 5. The molecule has 0 saturated heterocycles. The highest BCUT2D eigenvalue weighted by Gasteiger charge is 2.37. The molecule has 0 bridgehead atoms. The van der Waals surface area contributed by atoms with Crippen LogP contribution in [0.4, 0.5) is 0 Å². The van der Waals surface area contributed by atoms with E-state index >= 15 is 0 Å². The lowest BCUT2D eigenvalue weighted by Gasteiger charge is -2.26. The zero-order valence-electron chi connectivity index (χ0n) is 7.27. The predicted molar refractivity (Wildman–Crippen MR) is 44.1 cm³/mol. The number of methoxy groups -OCH3 is 2. The van der Waals surface area contributed by atoms with Crippen LogP contribution >= 0.6 is 0 Å². The maximum Gasteiger partial charge on any atom is 0.363 e. The van der Waals surface area contributed by atoms with Crippen LogP contribution in [0.2, 0.25) is 0 Å². The van der Waals surface area contributed by atoms with Crippen LogP contribution in [-0.4, -0.2) is 36.9 Å². The van der Waals surface area contributed by atoms with Gasteiger partial charge in [0.2, 0.25) is 5.90 Å². The highest BCUT2D eigenvalue weighted by molar-refractivity contribution is 5.91. The first-order valence-electron chi connectivity index (χ1n) is 3.51. The molecule has 1 unspecified atom stereocenters. The molecule has 13 heavy (non-hydrogen) atoms. The van der Waals surface area contributed by atoms with Crippen molar-refractivity contribution in [2.75, 3.05) is 14.2 Å². The van der Waals surface area contributed by atoms with Crippen LogP contribution in [0.1, 0.15) is 0 Å². The molecular formula is C7H10N2O4. The van der Waals surface area contributed by atoms with Gasteiger partial charge in [0.25, 0.3) is 5.72 Å². The van der Waals surface area contributed by atoms with Crippen LogP contribution in [0, 0.1) is 0 Å². The predicted octanol–water partition coefficient (Wildman–Crippen LogP) is -0.467. The highest BCUT2D eigenvalue weighted by Crippen LogP contribution is 2.12. The summed E-state index contributed by atoms with van der Waals surface area (Å²) in [6, 6.07) is 0. The first kappa shape index (κ1) is 9.53. The van der Waals surface area contributed by atoms with Gasteiger partial charge in [-0.15, -0.1) is 5.10 Å². The minimum absolute atomic E-state index is 0.300. The van der Waals surface area contributed by atoms with E-state index in [0.717, 1.165) is 0 Å². The van der Waals surface area contributed by atoms with Gasteiger partial charge in [-0.3, -0.25) is 5.43 Å². The number of carbonyl (C=O) groups is 1. The number of nitrogens with one attached hydrogen (secondary N) is 1. The summed E-state index contributed by atoms with van der Waals surface area (Å²) in [6.07, 6.45) is 2.75. The Morgan fingerprint density at radius 2 is 2.38 bits per heavy atom. The summed E-state index contributed by atoms with van der Waals surface area (Å²) in [5, 5.41) is 12.4. The van der Waals surface area contributed by atoms with Crippen LogP contribution in [0.5, 0.6) is 0 Å². The minimum Gasteiger partial charge on any atom is -0.480 e. The summed E-state index contributed by atoms with van der Waals surface area (Å²) in [7, 11) is 2.71. The molecule has 1 aliphatic rings. The van der Waals surface area contributed by atoms with Crippen molar-refractivity contribution in [3.63, 3.8) is 0 Å². The van der Waals surface area contributed by atoms with E-state index in [1.165, 1.54) is 26.4 Å². The summed E-state index contributed by atoms with van der Waals surface area (Å²) in [5.74, 6) is -0.862. The molecule has 2 N–H and O–H groups in total. The second kappa shape index (κ2) is 3.44. The maximum absolute atomic E-state index is 10.8. The molecule has 0 radical (unpaired) electrons. The molecule has 6 heteroatoms. The van der Waals surface area contributed by atoms with Crippen molar-refractivity contribution in [1.82, 2.24) is 5.43 Å². The van der Waals surface area contributed by atoms with E-state index in [1.807, 2.05) is 0 Å². The number of hydrazone groups is 1. The zero-order chi connectivity index (χ0) is 9.90. The van der Waals surface area contributed by atoms with Gasteiger partial charge in [0.1, 0.15) is 0 Å². The van der Waals surface area contributed by atoms with Gasteiger partial charge in [0.05, 0.1) is 7.11 Å². The average molecular weight is 186 g/mol. The molecular weight excluding hydrogens is 176 g/mol. The molecule has 0 aromatic heterocycles. The standard InChI is InChI=1S/C7H10N2O4/c1-12-5-3-4-7(13-2,6(10)11)9-8-5/h3-4,9H,1-2H3,(H,10,11). The second-order valence-electron chi connectivity index (χ2n) is 2.34. The van der Waals surface area contributed by atoms with E-state index in [1.54, 1.807) is 0 Å². The molecule has 1 heterocycles. The molecule has 72 valence electrons. The Morgan fingerprint density at radius 1 is 1.69 bits per heavy atom. The van der Waals surface area contributed by atoms with Crippen molar-refractivity contribution in [3.8, 4) is 0 Å². The normalized spacial score (nSPS) is 26.2. The van der Waals surface area contributed by atoms with Crippen LogP contribution in [0.3, 0.4) is 0 Å². The molecule has 0 fully saturated rings. The lowest BCUT2D eigenvalue weighted by Crippen LogP contribution is -2.51. The largest absolute Gasteiger partial charge is 0.480 e. The third-order valence-electron chi connectivity index (χ3n) is 1.64. The maximum atomic E-state index is 10.8. The first-order chi connectivity index (χ1) is 6.14. The van der Waals surface area contributed by atoms with E-state index in [9.17, 15) is 4.79 Å². The van der Waals surface area contributed by atoms with Crippen molar-refractivity contribution in [2.45, 2.75) is 5.72 Å². The molecule has 1 rings (SSSR count). The summed E-state index contributed by atoms with van der Waals surface area (Å²) in [4.78, 5) is 10.8. The van der Waals surface area contributed by atoms with Crippen molar-refractivity contribution < 1.29 is 19.4 Å². The SMILES string of the molecule is COC1=NNC(OC)(C(=O)O)C=C1. The third-order valence-corrected chi connectivity index (χ3v) is 1.64. The van der Waals surface area contributed by atoms with Crippen LogP contribution in [0.25, 0.3) is 0 Å². The Bertz CT molecular complexity index is 274. The smallest absolute Gasteiger partial charge is 0.363 e. The van der Waals surface area contributed by atoms with E-state index in [-0.39, 0.29) is 0 Å². The van der Waals surface area contributed by atoms with Crippen LogP contribution < -0.4 is 5.43 Å². The molecule has 0 aliphatic carbocycles. The quantitative estimate of drug-likeness (QED) is 0.609. The van der Waals surface area contributed by atoms with Gasteiger partial charge >= 0.3 is 5.97 Å². The second-order valence-corrected chi connectivity index (χ2v) is 2.34. The number of nitrogens with zero attached hydrogens (tertiary/aromatic N) is 1. The van der Waals surface area contributed by atoms with Gasteiger partial charge in [-0.1, -0.05) is 0 Å². The third kappa shape index (κ3) is 1.62. The van der Waals surface area contributed by atoms with E-state index < -0.39 is 11.7 Å². The number of hydrogen-bond donors (Lipinski definition) is 2. The molecule has 0 spiro atoms. The molecule has 0 saturated carbocycles. The number of ether oxygens (including phenoxy) is 2. The fourth-order valence-electron chi connectivity index (χ4n) is 0.835. The summed E-state index contributed by atoms with van der Waals surface area (Å²) in [6.45, 7) is 0. The topological polar surface area (TPSA) is 80.1 Å². The van der Waals surface area contributed by atoms with Crippen molar-refractivity contribution >= 4 is 11.9 Å². The summed E-state index contributed by atoms with van der Waals surface area (Å²) in [5.41, 5.74) is 0.756. The monoisotopic (exact) mass is 186 g/mol.